The van der Waals surface area contributed by atoms with Crippen molar-refractivity contribution in [3.63, 3.8) is 0 Å². The van der Waals surface area contributed by atoms with Gasteiger partial charge in [-0.2, -0.15) is 0 Å². The highest BCUT2D eigenvalue weighted by Crippen LogP contribution is 2.50. The van der Waals surface area contributed by atoms with Crippen LogP contribution in [0.1, 0.15) is 51.4 Å². The number of phenols is 1. The highest BCUT2D eigenvalue weighted by atomic mass is 35.5. The van der Waals surface area contributed by atoms with E-state index in [2.05, 4.69) is 10.6 Å². The molecule has 4 rings (SSSR count). The van der Waals surface area contributed by atoms with E-state index in [0.29, 0.717) is 0 Å². The zero-order valence-corrected chi connectivity index (χ0v) is 19.8. The van der Waals surface area contributed by atoms with Crippen molar-refractivity contribution < 1.29 is 13.5 Å². The standard InChI is InChI=1S/C22H28ClN3O5S/c1-26(2)32(30,31)21-13(23)8-9-14(18(21)27)24-16-17(20(29)19(16)28)25-15-7-3-4-10-22(15)11-5-6-12-22/h8-9,15,24-25,27H,3-7,10-12H2,1-2H3. The van der Waals surface area contributed by atoms with E-state index in [-0.39, 0.29) is 33.5 Å². The summed E-state index contributed by atoms with van der Waals surface area (Å²) in [6, 6.07) is 2.82. The van der Waals surface area contributed by atoms with Crippen LogP contribution in [-0.2, 0) is 10.0 Å². The maximum Gasteiger partial charge on any atom is 0.253 e. The molecule has 0 aliphatic heterocycles. The second kappa shape index (κ2) is 8.35. The first-order valence-corrected chi connectivity index (χ1v) is 12.7. The van der Waals surface area contributed by atoms with Crippen LogP contribution in [-0.4, -0.2) is 38.0 Å². The quantitative estimate of drug-likeness (QED) is 0.426. The third-order valence-electron chi connectivity index (χ3n) is 7.07. The van der Waals surface area contributed by atoms with Gasteiger partial charge in [-0.25, -0.2) is 12.7 Å². The molecule has 0 bridgehead atoms. The number of hydrogen-bond acceptors (Lipinski definition) is 7. The van der Waals surface area contributed by atoms with Gasteiger partial charge in [-0.3, -0.25) is 9.59 Å². The molecule has 0 saturated heterocycles. The summed E-state index contributed by atoms with van der Waals surface area (Å²) in [4.78, 5) is 24.3. The van der Waals surface area contributed by atoms with Crippen molar-refractivity contribution >= 4 is 38.7 Å². The zero-order chi connectivity index (χ0) is 23.3. The van der Waals surface area contributed by atoms with Crippen molar-refractivity contribution in [3.8, 4) is 5.75 Å². The number of sulfonamides is 1. The van der Waals surface area contributed by atoms with Gasteiger partial charge >= 0.3 is 0 Å². The van der Waals surface area contributed by atoms with E-state index < -0.39 is 31.5 Å². The first-order valence-electron chi connectivity index (χ1n) is 10.9. The third kappa shape index (κ3) is 3.70. The van der Waals surface area contributed by atoms with Crippen LogP contribution in [0.2, 0.25) is 5.02 Å². The fraction of sp³-hybridized carbons (Fsp3) is 0.545. The molecule has 1 unspecified atom stereocenters. The lowest BCUT2D eigenvalue weighted by Crippen LogP contribution is -2.46. The van der Waals surface area contributed by atoms with Crippen molar-refractivity contribution in [2.75, 3.05) is 24.7 Å². The van der Waals surface area contributed by atoms with E-state index in [0.717, 1.165) is 36.4 Å². The maximum absolute atomic E-state index is 12.6. The van der Waals surface area contributed by atoms with Crippen molar-refractivity contribution in [2.24, 2.45) is 5.41 Å². The fourth-order valence-corrected chi connectivity index (χ4v) is 6.72. The largest absolute Gasteiger partial charge is 0.504 e. The minimum absolute atomic E-state index is 0.0100. The van der Waals surface area contributed by atoms with Gasteiger partial charge in [0.2, 0.25) is 10.0 Å². The average molecular weight is 482 g/mol. The Kier molecular flexibility index (Phi) is 6.02. The van der Waals surface area contributed by atoms with Crippen LogP contribution in [0, 0.1) is 5.41 Å². The Balaban J connectivity index is 1.66. The monoisotopic (exact) mass is 481 g/mol. The number of aromatic hydroxyl groups is 1. The maximum atomic E-state index is 12.6. The molecule has 2 fully saturated rings. The fourth-order valence-electron chi connectivity index (χ4n) is 5.24. The summed E-state index contributed by atoms with van der Waals surface area (Å²) in [5.41, 5.74) is -0.899. The summed E-state index contributed by atoms with van der Waals surface area (Å²) in [5, 5.41) is 16.6. The predicted octanol–water partition coefficient (Wildman–Crippen LogP) is 3.55. The molecule has 2 aromatic rings. The Morgan fingerprint density at radius 3 is 2.25 bits per heavy atom. The molecule has 0 radical (unpaired) electrons. The lowest BCUT2D eigenvalue weighted by molar-refractivity contribution is 0.173. The smallest absolute Gasteiger partial charge is 0.253 e. The molecule has 2 aromatic carbocycles. The number of nitrogens with zero attached hydrogens (tertiary/aromatic N) is 1. The first-order chi connectivity index (χ1) is 15.1. The lowest BCUT2D eigenvalue weighted by Gasteiger charge is -2.42. The molecule has 8 nitrogen and oxygen atoms in total. The summed E-state index contributed by atoms with van der Waals surface area (Å²) >= 11 is 6.05. The number of halogens is 1. The Bertz CT molecular complexity index is 1210. The molecular formula is C22H28ClN3O5S. The van der Waals surface area contributed by atoms with Crippen molar-refractivity contribution in [2.45, 2.75) is 62.3 Å². The SMILES string of the molecule is CN(C)S(=O)(=O)c1c(Cl)ccc(Nc2c(NC3CCCCC34CCCC4)c(=O)c2=O)c1O. The van der Waals surface area contributed by atoms with Crippen LogP contribution < -0.4 is 21.5 Å². The molecule has 2 aliphatic carbocycles. The van der Waals surface area contributed by atoms with Crippen LogP contribution in [0.3, 0.4) is 0 Å². The van der Waals surface area contributed by atoms with Crippen LogP contribution in [0.5, 0.6) is 5.75 Å². The molecular weight excluding hydrogens is 454 g/mol. The van der Waals surface area contributed by atoms with E-state index >= 15 is 0 Å². The van der Waals surface area contributed by atoms with Gasteiger partial charge in [0, 0.05) is 20.1 Å². The topological polar surface area (TPSA) is 116 Å². The molecule has 32 heavy (non-hydrogen) atoms. The van der Waals surface area contributed by atoms with Gasteiger partial charge < -0.3 is 15.7 Å². The highest BCUT2D eigenvalue weighted by molar-refractivity contribution is 7.89. The molecule has 2 saturated carbocycles. The van der Waals surface area contributed by atoms with Gasteiger partial charge in [-0.05, 0) is 43.2 Å². The van der Waals surface area contributed by atoms with Gasteiger partial charge in [0.15, 0.2) is 5.75 Å². The van der Waals surface area contributed by atoms with Gasteiger partial charge in [-0.15, -0.1) is 0 Å². The molecule has 174 valence electrons. The summed E-state index contributed by atoms with van der Waals surface area (Å²) in [6.07, 6.45) is 8.90. The van der Waals surface area contributed by atoms with Crippen LogP contribution >= 0.6 is 11.6 Å². The molecule has 1 atom stereocenters. The molecule has 0 amide bonds. The first kappa shape index (κ1) is 23.1. The summed E-state index contributed by atoms with van der Waals surface area (Å²) < 4.78 is 26.1. The number of benzene rings is 1. The van der Waals surface area contributed by atoms with Gasteiger partial charge in [0.05, 0.1) is 10.7 Å². The van der Waals surface area contributed by atoms with E-state index in [9.17, 15) is 23.1 Å². The van der Waals surface area contributed by atoms with Gasteiger partial charge in [0.1, 0.15) is 16.3 Å². The van der Waals surface area contributed by atoms with Crippen LogP contribution in [0.15, 0.2) is 26.6 Å². The van der Waals surface area contributed by atoms with Crippen LogP contribution in [0.4, 0.5) is 17.1 Å². The summed E-state index contributed by atoms with van der Waals surface area (Å²) in [5.74, 6) is -0.602. The predicted molar refractivity (Wildman–Crippen MR) is 125 cm³/mol. The van der Waals surface area contributed by atoms with Gasteiger partial charge in [-0.1, -0.05) is 37.3 Å². The minimum atomic E-state index is -4.03. The van der Waals surface area contributed by atoms with Gasteiger partial charge in [0.25, 0.3) is 10.9 Å². The normalized spacial score (nSPS) is 20.8. The number of nitrogens with one attached hydrogen (secondary N) is 2. The van der Waals surface area contributed by atoms with E-state index in [1.54, 1.807) is 0 Å². The second-order valence-corrected chi connectivity index (χ2v) is 11.6. The number of anilines is 3. The van der Waals surface area contributed by atoms with Crippen LogP contribution in [0.25, 0.3) is 0 Å². The molecule has 1 spiro atoms. The number of phenolic OH excluding ortho intramolecular Hbond substituents is 1. The number of hydrogen-bond donors (Lipinski definition) is 3. The van der Waals surface area contributed by atoms with Crippen molar-refractivity contribution in [1.82, 2.24) is 4.31 Å². The third-order valence-corrected chi connectivity index (χ3v) is 9.38. The van der Waals surface area contributed by atoms with E-state index in [1.165, 1.54) is 45.5 Å². The lowest BCUT2D eigenvalue weighted by atomic mass is 9.69. The average Bonchev–Trinajstić information content (AvgIpc) is 3.21. The van der Waals surface area contributed by atoms with Crippen molar-refractivity contribution in [3.05, 3.63) is 37.6 Å². The Morgan fingerprint density at radius 2 is 1.62 bits per heavy atom. The summed E-state index contributed by atoms with van der Waals surface area (Å²) in [6.45, 7) is 0. The Morgan fingerprint density at radius 1 is 1.03 bits per heavy atom. The zero-order valence-electron chi connectivity index (χ0n) is 18.2. The Labute approximate surface area is 192 Å². The molecule has 3 N–H and O–H groups in total. The van der Waals surface area contributed by atoms with E-state index in [4.69, 9.17) is 11.6 Å². The molecule has 2 aliphatic rings. The minimum Gasteiger partial charge on any atom is -0.504 e. The van der Waals surface area contributed by atoms with Crippen molar-refractivity contribution in [1.29, 1.82) is 0 Å². The highest BCUT2D eigenvalue weighted by Gasteiger charge is 2.43. The molecule has 0 aromatic heterocycles. The molecule has 0 heterocycles. The van der Waals surface area contributed by atoms with E-state index in [1.807, 2.05) is 0 Å². The second-order valence-electron chi connectivity index (χ2n) is 9.11. The Hall–Kier alpha value is -2.10. The number of rotatable bonds is 6. The summed E-state index contributed by atoms with van der Waals surface area (Å²) in [7, 11) is -1.38. The molecule has 10 heteroatoms.